The van der Waals surface area contributed by atoms with Crippen molar-refractivity contribution in [3.05, 3.63) is 111 Å². The van der Waals surface area contributed by atoms with E-state index in [0.29, 0.717) is 50.1 Å². The van der Waals surface area contributed by atoms with Gasteiger partial charge in [-0.25, -0.2) is 0 Å². The SMILES string of the molecule is CC(C)c1ccc2oc(C(=O)NCC(=O)N3CCN(c4ccccc4CN4CCCC4=O)CC3)cc(=O)c2c1.Cc1ccc(C)cc1. The predicted octanol–water partition coefficient (Wildman–Crippen LogP) is 5.42. The van der Waals surface area contributed by atoms with Crippen molar-refractivity contribution in [2.24, 2.45) is 0 Å². The molecule has 2 aliphatic rings. The molecule has 0 radical (unpaired) electrons. The van der Waals surface area contributed by atoms with E-state index in [1.807, 2.05) is 36.9 Å². The highest BCUT2D eigenvalue weighted by Crippen LogP contribution is 2.25. The molecule has 3 amide bonds. The van der Waals surface area contributed by atoms with Gasteiger partial charge in [0.1, 0.15) is 5.58 Å². The molecule has 246 valence electrons. The molecule has 1 N–H and O–H groups in total. The van der Waals surface area contributed by atoms with E-state index in [2.05, 4.69) is 60.5 Å². The second kappa shape index (κ2) is 15.1. The Kier molecular flexibility index (Phi) is 10.8. The van der Waals surface area contributed by atoms with Gasteiger partial charge in [0.2, 0.25) is 11.8 Å². The van der Waals surface area contributed by atoms with Gasteiger partial charge in [-0.05, 0) is 55.5 Å². The number of amides is 3. The summed E-state index contributed by atoms with van der Waals surface area (Å²) in [5.74, 6) is -0.441. The van der Waals surface area contributed by atoms with E-state index in [9.17, 15) is 19.2 Å². The molecule has 9 heteroatoms. The molecule has 0 unspecified atom stereocenters. The lowest BCUT2D eigenvalue weighted by Crippen LogP contribution is -2.51. The molecule has 2 fully saturated rings. The summed E-state index contributed by atoms with van der Waals surface area (Å²) in [7, 11) is 0. The zero-order chi connectivity index (χ0) is 33.5. The number of carbonyl (C=O) groups is 3. The van der Waals surface area contributed by atoms with Crippen molar-refractivity contribution in [1.29, 1.82) is 0 Å². The molecule has 47 heavy (non-hydrogen) atoms. The first-order valence-electron chi connectivity index (χ1n) is 16.4. The van der Waals surface area contributed by atoms with Crippen LogP contribution in [0, 0.1) is 13.8 Å². The van der Waals surface area contributed by atoms with Crippen molar-refractivity contribution in [2.45, 2.75) is 53.0 Å². The summed E-state index contributed by atoms with van der Waals surface area (Å²) in [5.41, 5.74) is 5.92. The van der Waals surface area contributed by atoms with Crippen molar-refractivity contribution in [1.82, 2.24) is 15.1 Å². The fraction of sp³-hybridized carbons (Fsp3) is 0.368. The normalized spacial score (nSPS) is 14.7. The Morgan fingerprint density at radius 3 is 2.17 bits per heavy atom. The number of piperazine rings is 1. The van der Waals surface area contributed by atoms with E-state index in [4.69, 9.17) is 4.42 Å². The number of nitrogens with zero attached hydrogens (tertiary/aromatic N) is 3. The largest absolute Gasteiger partial charge is 0.451 e. The summed E-state index contributed by atoms with van der Waals surface area (Å²) >= 11 is 0. The molecule has 9 nitrogen and oxygen atoms in total. The number of nitrogens with one attached hydrogen (secondary N) is 1. The summed E-state index contributed by atoms with van der Waals surface area (Å²) < 4.78 is 5.68. The lowest BCUT2D eigenvalue weighted by molar-refractivity contribution is -0.130. The summed E-state index contributed by atoms with van der Waals surface area (Å²) in [4.78, 5) is 56.1. The fourth-order valence-electron chi connectivity index (χ4n) is 5.86. The maximum absolute atomic E-state index is 12.8. The molecule has 4 aromatic rings. The van der Waals surface area contributed by atoms with E-state index < -0.39 is 5.91 Å². The smallest absolute Gasteiger partial charge is 0.287 e. The quantitative estimate of drug-likeness (QED) is 0.291. The van der Waals surface area contributed by atoms with Gasteiger partial charge in [-0.3, -0.25) is 19.2 Å². The molecular weight excluding hydrogens is 592 g/mol. The lowest BCUT2D eigenvalue weighted by atomic mass is 10.0. The maximum atomic E-state index is 12.8. The zero-order valence-electron chi connectivity index (χ0n) is 27.8. The van der Waals surface area contributed by atoms with Crippen molar-refractivity contribution in [2.75, 3.05) is 44.2 Å². The van der Waals surface area contributed by atoms with Crippen LogP contribution in [0.5, 0.6) is 0 Å². The third kappa shape index (κ3) is 8.47. The molecule has 0 atom stereocenters. The minimum atomic E-state index is -0.598. The number of likely N-dealkylation sites (tertiary alicyclic amines) is 1. The summed E-state index contributed by atoms with van der Waals surface area (Å²) in [5, 5.41) is 3.03. The average molecular weight is 637 g/mol. The van der Waals surface area contributed by atoms with Crippen LogP contribution in [0.4, 0.5) is 5.69 Å². The summed E-state index contributed by atoms with van der Waals surface area (Å²) in [6, 6.07) is 23.1. The van der Waals surface area contributed by atoms with Crippen LogP contribution >= 0.6 is 0 Å². The predicted molar refractivity (Wildman–Crippen MR) is 185 cm³/mol. The summed E-state index contributed by atoms with van der Waals surface area (Å²) in [6.45, 7) is 11.8. The van der Waals surface area contributed by atoms with Crippen LogP contribution < -0.4 is 15.6 Å². The van der Waals surface area contributed by atoms with Gasteiger partial charge in [0.15, 0.2) is 11.2 Å². The molecule has 3 aromatic carbocycles. The number of anilines is 1. The molecule has 0 spiro atoms. The highest BCUT2D eigenvalue weighted by molar-refractivity contribution is 5.95. The van der Waals surface area contributed by atoms with Gasteiger partial charge in [0.05, 0.1) is 11.9 Å². The van der Waals surface area contributed by atoms with E-state index >= 15 is 0 Å². The molecular formula is C38H44N4O5. The Morgan fingerprint density at radius 1 is 0.851 bits per heavy atom. The van der Waals surface area contributed by atoms with E-state index in [-0.39, 0.29) is 35.5 Å². The van der Waals surface area contributed by atoms with Crippen LogP contribution in [0.1, 0.15) is 65.4 Å². The first-order chi connectivity index (χ1) is 22.6. The van der Waals surface area contributed by atoms with Crippen molar-refractivity contribution in [3.63, 3.8) is 0 Å². The highest BCUT2D eigenvalue weighted by atomic mass is 16.3. The first-order valence-corrected chi connectivity index (χ1v) is 16.4. The number of aryl methyl sites for hydroxylation is 2. The maximum Gasteiger partial charge on any atom is 0.287 e. The number of rotatable bonds is 7. The van der Waals surface area contributed by atoms with Crippen LogP contribution in [0.3, 0.4) is 0 Å². The topological polar surface area (TPSA) is 103 Å². The Morgan fingerprint density at radius 2 is 1.53 bits per heavy atom. The van der Waals surface area contributed by atoms with Gasteiger partial charge < -0.3 is 24.4 Å². The lowest BCUT2D eigenvalue weighted by Gasteiger charge is -2.37. The Balaban J connectivity index is 0.000000474. The van der Waals surface area contributed by atoms with Crippen LogP contribution in [0.15, 0.2) is 82.0 Å². The number of para-hydroxylation sites is 1. The summed E-state index contributed by atoms with van der Waals surface area (Å²) in [6.07, 6.45) is 1.52. The van der Waals surface area contributed by atoms with Crippen molar-refractivity contribution >= 4 is 34.4 Å². The standard InChI is InChI=1S/C30H34N4O5.C8H10/c1-20(2)21-9-10-26-23(16-21)25(35)17-27(39-26)30(38)31-18-29(37)33-14-12-32(13-15-33)24-7-4-3-6-22(24)19-34-11-5-8-28(34)36;1-7-3-5-8(2)6-4-7/h3-4,6-7,9-10,16-17,20H,5,8,11-15,18-19H2,1-2H3,(H,31,38);3-6H,1-2H3. The number of carbonyl (C=O) groups excluding carboxylic acids is 3. The molecule has 6 rings (SSSR count). The molecule has 0 saturated carbocycles. The highest BCUT2D eigenvalue weighted by Gasteiger charge is 2.25. The number of benzene rings is 3. The van der Waals surface area contributed by atoms with Gasteiger partial charge in [-0.1, -0.05) is 73.5 Å². The molecule has 0 bridgehead atoms. The van der Waals surface area contributed by atoms with Gasteiger partial charge in [0.25, 0.3) is 5.91 Å². The Bertz CT molecular complexity index is 1770. The van der Waals surface area contributed by atoms with Crippen LogP contribution in [0.25, 0.3) is 11.0 Å². The Labute approximate surface area is 276 Å². The average Bonchev–Trinajstić information content (AvgIpc) is 3.48. The number of fused-ring (bicyclic) bond motifs is 1. The van der Waals surface area contributed by atoms with Gasteiger partial charge in [-0.2, -0.15) is 0 Å². The third-order valence-electron chi connectivity index (χ3n) is 8.76. The number of hydrogen-bond acceptors (Lipinski definition) is 6. The van der Waals surface area contributed by atoms with Crippen molar-refractivity contribution in [3.8, 4) is 0 Å². The fourth-order valence-corrected chi connectivity index (χ4v) is 5.86. The number of hydrogen-bond donors (Lipinski definition) is 1. The molecule has 1 aromatic heterocycles. The Hall–Kier alpha value is -4.92. The second-order valence-electron chi connectivity index (χ2n) is 12.6. The minimum absolute atomic E-state index is 0.115. The molecule has 2 aliphatic heterocycles. The monoisotopic (exact) mass is 636 g/mol. The molecule has 3 heterocycles. The van der Waals surface area contributed by atoms with E-state index in [1.54, 1.807) is 17.0 Å². The second-order valence-corrected chi connectivity index (χ2v) is 12.6. The zero-order valence-corrected chi connectivity index (χ0v) is 27.8. The van der Waals surface area contributed by atoms with Crippen LogP contribution in [0.2, 0.25) is 0 Å². The first kappa shape index (κ1) is 33.4. The van der Waals surface area contributed by atoms with Gasteiger partial charge >= 0.3 is 0 Å². The molecule has 2 saturated heterocycles. The van der Waals surface area contributed by atoms with Crippen LogP contribution in [-0.4, -0.2) is 66.8 Å². The van der Waals surface area contributed by atoms with Crippen molar-refractivity contribution < 1.29 is 18.8 Å². The minimum Gasteiger partial charge on any atom is -0.451 e. The third-order valence-corrected chi connectivity index (χ3v) is 8.76. The van der Waals surface area contributed by atoms with Gasteiger partial charge in [-0.15, -0.1) is 0 Å². The van der Waals surface area contributed by atoms with Crippen LogP contribution in [-0.2, 0) is 16.1 Å². The van der Waals surface area contributed by atoms with Gasteiger partial charge in [0, 0.05) is 57.4 Å². The molecule has 0 aliphatic carbocycles. The van der Waals surface area contributed by atoms with E-state index in [1.165, 1.54) is 17.2 Å². The van der Waals surface area contributed by atoms with E-state index in [0.717, 1.165) is 29.8 Å².